The lowest BCUT2D eigenvalue weighted by Gasteiger charge is -2.27. The number of fused-ring (bicyclic) bond motifs is 6. The van der Waals surface area contributed by atoms with Crippen LogP contribution in [0.5, 0.6) is 0 Å². The first kappa shape index (κ1) is 21.8. The Morgan fingerprint density at radius 1 is 0.912 bits per heavy atom. The molecule has 1 spiro atoms. The van der Waals surface area contributed by atoms with Gasteiger partial charge in [-0.15, -0.1) is 0 Å². The van der Waals surface area contributed by atoms with Crippen molar-refractivity contribution in [1.82, 2.24) is 9.97 Å². The minimum atomic E-state index is -1.57. The number of rotatable bonds is 2. The molecule has 0 saturated carbocycles. The van der Waals surface area contributed by atoms with Gasteiger partial charge in [0.2, 0.25) is 11.5 Å². The maximum absolute atomic E-state index is 13.3. The largest absolute Gasteiger partial charge is 0.466 e. The van der Waals surface area contributed by atoms with E-state index in [1.807, 2.05) is 69.3 Å². The van der Waals surface area contributed by atoms with Gasteiger partial charge in [-0.3, -0.25) is 0 Å². The van der Waals surface area contributed by atoms with Crippen LogP contribution in [0.3, 0.4) is 0 Å². The third-order valence-electron chi connectivity index (χ3n) is 5.75. The number of carbonyl (C=O) groups is 2. The first-order valence-electron chi connectivity index (χ1n) is 10.8. The van der Waals surface area contributed by atoms with Gasteiger partial charge in [0.25, 0.3) is 0 Å². The molecule has 8 nitrogen and oxygen atoms in total. The van der Waals surface area contributed by atoms with E-state index in [0.717, 1.165) is 5.56 Å². The summed E-state index contributed by atoms with van der Waals surface area (Å²) in [5.74, 6) is -1.49. The second kappa shape index (κ2) is 7.48. The molecule has 8 heteroatoms. The van der Waals surface area contributed by atoms with Crippen LogP contribution in [0.15, 0.2) is 64.7 Å². The molecule has 34 heavy (non-hydrogen) atoms. The molecule has 0 bridgehead atoms. The lowest BCUT2D eigenvalue weighted by Crippen LogP contribution is -2.33. The average Bonchev–Trinajstić information content (AvgIpc) is 3.28. The fourth-order valence-corrected chi connectivity index (χ4v) is 4.47. The van der Waals surface area contributed by atoms with E-state index in [2.05, 4.69) is 4.99 Å². The van der Waals surface area contributed by atoms with Crippen LogP contribution < -0.4 is 0 Å². The van der Waals surface area contributed by atoms with Gasteiger partial charge in [0.05, 0.1) is 36.5 Å². The summed E-state index contributed by atoms with van der Waals surface area (Å²) >= 11 is 0. The van der Waals surface area contributed by atoms with Gasteiger partial charge in [0.1, 0.15) is 16.8 Å². The predicted molar refractivity (Wildman–Crippen MR) is 125 cm³/mol. The van der Waals surface area contributed by atoms with E-state index in [0.29, 0.717) is 28.0 Å². The van der Waals surface area contributed by atoms with Gasteiger partial charge in [0, 0.05) is 11.1 Å². The quantitative estimate of drug-likeness (QED) is 0.541. The molecule has 5 rings (SSSR count). The fourth-order valence-electron chi connectivity index (χ4n) is 4.47. The van der Waals surface area contributed by atoms with Crippen LogP contribution in [0, 0.1) is 0 Å². The SMILES string of the molecule is COC(=O)C1=C(C(=O)OC)C2(OC1=NC(C)(C)C)c1ccccc1-c1nc3ccccc3nc12. The van der Waals surface area contributed by atoms with Crippen LogP contribution in [0.2, 0.25) is 0 Å². The van der Waals surface area contributed by atoms with Crippen LogP contribution in [0.4, 0.5) is 0 Å². The van der Waals surface area contributed by atoms with Gasteiger partial charge in [0.15, 0.2) is 0 Å². The van der Waals surface area contributed by atoms with Crippen molar-refractivity contribution in [3.63, 3.8) is 0 Å². The normalized spacial score (nSPS) is 19.9. The van der Waals surface area contributed by atoms with E-state index in [1.165, 1.54) is 14.2 Å². The Morgan fingerprint density at radius 3 is 2.18 bits per heavy atom. The number of esters is 2. The molecule has 1 aliphatic heterocycles. The number of hydrogen-bond acceptors (Lipinski definition) is 8. The number of aliphatic imine (C=N–C) groups is 1. The van der Waals surface area contributed by atoms with Crippen LogP contribution in [-0.2, 0) is 29.4 Å². The van der Waals surface area contributed by atoms with E-state index in [-0.39, 0.29) is 17.0 Å². The van der Waals surface area contributed by atoms with Crippen LogP contribution in [-0.4, -0.2) is 47.6 Å². The van der Waals surface area contributed by atoms with Crippen molar-refractivity contribution >= 4 is 28.9 Å². The number of aromatic nitrogens is 2. The molecular weight excluding hydrogens is 434 g/mol. The second-order valence-electron chi connectivity index (χ2n) is 9.06. The van der Waals surface area contributed by atoms with Crippen molar-refractivity contribution in [1.29, 1.82) is 0 Å². The molecule has 0 N–H and O–H groups in total. The molecule has 1 aliphatic carbocycles. The molecule has 0 amide bonds. The number of benzene rings is 2. The van der Waals surface area contributed by atoms with E-state index >= 15 is 0 Å². The molecule has 0 radical (unpaired) electrons. The van der Waals surface area contributed by atoms with Gasteiger partial charge in [-0.2, -0.15) is 0 Å². The molecule has 2 aromatic carbocycles. The summed E-state index contributed by atoms with van der Waals surface area (Å²) in [6.45, 7) is 5.60. The Bertz CT molecular complexity index is 1430. The Hall–Kier alpha value is -4.07. The lowest BCUT2D eigenvalue weighted by atomic mass is 9.85. The number of methoxy groups -OCH3 is 2. The standard InChI is InChI=1S/C26H23N3O5/c1-25(2,3)29-22-18(23(30)32-4)19(24(31)33-5)26(34-22)15-11-7-6-10-14(15)20-21(26)28-17-13-9-8-12-16(17)27-20/h6-13H,1-5H3. The van der Waals surface area contributed by atoms with Crippen molar-refractivity contribution in [3.05, 3.63) is 70.9 Å². The van der Waals surface area contributed by atoms with Crippen molar-refractivity contribution in [2.24, 2.45) is 4.99 Å². The summed E-state index contributed by atoms with van der Waals surface area (Å²) < 4.78 is 16.7. The molecule has 1 unspecified atom stereocenters. The van der Waals surface area contributed by atoms with E-state index < -0.39 is 23.1 Å². The van der Waals surface area contributed by atoms with Gasteiger partial charge in [-0.25, -0.2) is 24.5 Å². The fraction of sp³-hybridized carbons (Fsp3) is 0.269. The number of ether oxygens (including phenoxy) is 3. The molecule has 2 heterocycles. The minimum Gasteiger partial charge on any atom is -0.466 e. The highest BCUT2D eigenvalue weighted by molar-refractivity contribution is 6.24. The molecule has 2 aliphatic rings. The van der Waals surface area contributed by atoms with Gasteiger partial charge >= 0.3 is 11.9 Å². The second-order valence-corrected chi connectivity index (χ2v) is 9.06. The lowest BCUT2D eigenvalue weighted by molar-refractivity contribution is -0.139. The first-order chi connectivity index (χ1) is 16.2. The third kappa shape index (κ3) is 3.02. The summed E-state index contributed by atoms with van der Waals surface area (Å²) in [4.78, 5) is 40.7. The molecule has 1 aromatic heterocycles. The molecule has 3 aromatic rings. The van der Waals surface area contributed by atoms with E-state index in [4.69, 9.17) is 24.2 Å². The van der Waals surface area contributed by atoms with Gasteiger partial charge in [-0.05, 0) is 32.9 Å². The van der Waals surface area contributed by atoms with E-state index in [9.17, 15) is 9.59 Å². The zero-order valence-corrected chi connectivity index (χ0v) is 19.5. The molecule has 1 atom stereocenters. The highest BCUT2D eigenvalue weighted by Crippen LogP contribution is 2.56. The zero-order chi connectivity index (χ0) is 24.3. The van der Waals surface area contributed by atoms with Crippen molar-refractivity contribution in [2.75, 3.05) is 14.2 Å². The molecule has 0 fully saturated rings. The molecule has 172 valence electrons. The van der Waals surface area contributed by atoms with Crippen LogP contribution >= 0.6 is 0 Å². The first-order valence-corrected chi connectivity index (χ1v) is 10.8. The highest BCUT2D eigenvalue weighted by Gasteiger charge is 2.61. The van der Waals surface area contributed by atoms with Crippen molar-refractivity contribution < 1.29 is 23.8 Å². The number of nitrogens with zero attached hydrogens (tertiary/aromatic N) is 3. The maximum Gasteiger partial charge on any atom is 0.344 e. The predicted octanol–water partition coefficient (Wildman–Crippen LogP) is 3.72. The third-order valence-corrected chi connectivity index (χ3v) is 5.75. The summed E-state index contributed by atoms with van der Waals surface area (Å²) in [7, 11) is 2.50. The maximum atomic E-state index is 13.3. The van der Waals surface area contributed by atoms with Crippen LogP contribution in [0.1, 0.15) is 32.0 Å². The highest BCUT2D eigenvalue weighted by atomic mass is 16.6. The number of para-hydroxylation sites is 2. The Balaban J connectivity index is 1.94. The van der Waals surface area contributed by atoms with Gasteiger partial charge < -0.3 is 14.2 Å². The number of hydrogen-bond donors (Lipinski definition) is 0. The average molecular weight is 457 g/mol. The summed E-state index contributed by atoms with van der Waals surface area (Å²) in [6.07, 6.45) is 0. The smallest absolute Gasteiger partial charge is 0.344 e. The Kier molecular flexibility index (Phi) is 4.79. The number of carbonyl (C=O) groups excluding carboxylic acids is 2. The summed E-state index contributed by atoms with van der Waals surface area (Å²) in [5.41, 5.74) is 1.38. The summed E-state index contributed by atoms with van der Waals surface area (Å²) in [5, 5.41) is 0. The van der Waals surface area contributed by atoms with Crippen LogP contribution in [0.25, 0.3) is 22.3 Å². The Labute approximate surface area is 196 Å². The van der Waals surface area contributed by atoms with Gasteiger partial charge in [-0.1, -0.05) is 36.4 Å². The van der Waals surface area contributed by atoms with E-state index in [1.54, 1.807) is 0 Å². The van der Waals surface area contributed by atoms with Crippen molar-refractivity contribution in [2.45, 2.75) is 31.9 Å². The molecule has 0 saturated heterocycles. The molecular formula is C26H23N3O5. The Morgan fingerprint density at radius 2 is 1.53 bits per heavy atom. The topological polar surface area (TPSA) is 100.0 Å². The van der Waals surface area contributed by atoms with Crippen molar-refractivity contribution in [3.8, 4) is 11.3 Å². The minimum absolute atomic E-state index is 0.00244. The zero-order valence-electron chi connectivity index (χ0n) is 19.5. The monoisotopic (exact) mass is 457 g/mol. The summed E-state index contributed by atoms with van der Waals surface area (Å²) in [6, 6.07) is 14.9.